The molecule has 31 heavy (non-hydrogen) atoms. The zero-order valence-corrected chi connectivity index (χ0v) is 20.0. The number of hydrogen-bond acceptors (Lipinski definition) is 6. The van der Waals surface area contributed by atoms with Crippen LogP contribution in [0.5, 0.6) is 0 Å². The van der Waals surface area contributed by atoms with E-state index in [-0.39, 0.29) is 12.3 Å². The molecule has 0 aliphatic carbocycles. The molecule has 1 aromatic heterocycles. The summed E-state index contributed by atoms with van der Waals surface area (Å²) in [6, 6.07) is 18.3. The smallest absolute Gasteiger partial charge is 0.144 e. The van der Waals surface area contributed by atoms with E-state index in [0.29, 0.717) is 0 Å². The van der Waals surface area contributed by atoms with Crippen LogP contribution >= 0.6 is 0 Å². The lowest BCUT2D eigenvalue weighted by atomic mass is 10.0. The molecule has 0 saturated heterocycles. The molecule has 0 spiro atoms. The van der Waals surface area contributed by atoms with Crippen LogP contribution in [0, 0.1) is 0 Å². The molecule has 0 N–H and O–H groups in total. The quantitative estimate of drug-likeness (QED) is 0.541. The van der Waals surface area contributed by atoms with Gasteiger partial charge in [-0.3, -0.25) is 19.6 Å². The Kier molecular flexibility index (Phi) is 7.28. The first-order valence-corrected chi connectivity index (χ1v) is 10.5. The lowest BCUT2D eigenvalue weighted by Gasteiger charge is -2.36. The Bertz CT molecular complexity index is 1050. The Hall–Kier alpha value is -2.51. The molecule has 2 aromatic carbocycles. The van der Waals surface area contributed by atoms with Crippen LogP contribution in [0.25, 0.3) is 11.0 Å². The van der Waals surface area contributed by atoms with Crippen molar-refractivity contribution in [2.45, 2.75) is 12.3 Å². The van der Waals surface area contributed by atoms with Gasteiger partial charge in [-0.1, -0.05) is 30.3 Å². The highest BCUT2D eigenvalue weighted by molar-refractivity contribution is 5.77. The van der Waals surface area contributed by atoms with E-state index >= 15 is 0 Å². The second-order valence-corrected chi connectivity index (χ2v) is 8.77. The highest BCUT2D eigenvalue weighted by Gasteiger charge is 2.31. The van der Waals surface area contributed by atoms with E-state index < -0.39 is 0 Å². The number of para-hydroxylation sites is 2. The van der Waals surface area contributed by atoms with Crippen molar-refractivity contribution in [3.8, 4) is 0 Å². The molecule has 3 rings (SSSR count). The van der Waals surface area contributed by atoms with Crippen LogP contribution in [0.3, 0.4) is 0 Å². The van der Waals surface area contributed by atoms with Crippen LogP contribution < -0.4 is 5.36 Å². The van der Waals surface area contributed by atoms with Crippen LogP contribution in [-0.2, 0) is 0 Å². The van der Waals surface area contributed by atoms with Crippen molar-refractivity contribution >= 4 is 16.7 Å². The first-order chi connectivity index (χ1) is 14.7. The summed E-state index contributed by atoms with van der Waals surface area (Å²) in [4.78, 5) is 13.9. The van der Waals surface area contributed by atoms with Gasteiger partial charge in [0.1, 0.15) is 17.5 Å². The maximum Gasteiger partial charge on any atom is 0.144 e. The van der Waals surface area contributed by atoms with Gasteiger partial charge in [0.25, 0.3) is 0 Å². The lowest BCUT2D eigenvalue weighted by molar-refractivity contribution is 0.0888. The fourth-order valence-corrected chi connectivity index (χ4v) is 4.29. The molecule has 0 aliphatic rings. The van der Waals surface area contributed by atoms with Gasteiger partial charge in [-0.05, 0) is 80.6 Å². The zero-order valence-electron chi connectivity index (χ0n) is 20.0. The number of rotatable bonds is 7. The molecular formula is C25H35N5O. The van der Waals surface area contributed by atoms with Gasteiger partial charge in [-0.15, -0.1) is 0 Å². The van der Waals surface area contributed by atoms with Gasteiger partial charge in [0, 0.05) is 5.39 Å². The number of nitrogens with zero attached hydrogens (tertiary/aromatic N) is 5. The number of benzene rings is 2. The van der Waals surface area contributed by atoms with Gasteiger partial charge in [-0.2, -0.15) is 0 Å². The second kappa shape index (κ2) is 9.75. The minimum Gasteiger partial charge on any atom is -0.457 e. The molecule has 0 fully saturated rings. The van der Waals surface area contributed by atoms with Crippen molar-refractivity contribution in [2.75, 3.05) is 56.4 Å². The summed E-state index contributed by atoms with van der Waals surface area (Å²) >= 11 is 0. The second-order valence-electron chi connectivity index (χ2n) is 8.77. The topological polar surface area (TPSA) is 38.5 Å². The normalized spacial score (nSPS) is 13.2. The lowest BCUT2D eigenvalue weighted by Crippen LogP contribution is -2.40. The summed E-state index contributed by atoms with van der Waals surface area (Å²) in [5.41, 5.74) is 2.83. The molecule has 3 aromatic rings. The Morgan fingerprint density at radius 3 is 1.71 bits per heavy atom. The predicted octanol–water partition coefficient (Wildman–Crippen LogP) is 3.91. The minimum absolute atomic E-state index is 0.0202. The van der Waals surface area contributed by atoms with E-state index in [2.05, 4.69) is 82.0 Å². The molecule has 0 radical (unpaired) electrons. The summed E-state index contributed by atoms with van der Waals surface area (Å²) in [5.74, 6) is 0.899. The summed E-state index contributed by atoms with van der Waals surface area (Å²) in [7, 11) is 16.7. The molecule has 0 saturated carbocycles. The Morgan fingerprint density at radius 1 is 0.645 bits per heavy atom. The van der Waals surface area contributed by atoms with Gasteiger partial charge in [-0.25, -0.2) is 4.99 Å². The van der Waals surface area contributed by atoms with Gasteiger partial charge < -0.3 is 4.42 Å². The van der Waals surface area contributed by atoms with Crippen LogP contribution in [0.1, 0.15) is 23.7 Å². The Morgan fingerprint density at radius 2 is 1.16 bits per heavy atom. The van der Waals surface area contributed by atoms with E-state index in [1.807, 2.05) is 48.5 Å². The van der Waals surface area contributed by atoms with Crippen molar-refractivity contribution < 1.29 is 4.42 Å². The maximum absolute atomic E-state index is 6.64. The van der Waals surface area contributed by atoms with Crippen LogP contribution in [-0.4, -0.2) is 76.0 Å². The van der Waals surface area contributed by atoms with Crippen LogP contribution in [0.15, 0.2) is 64.0 Å². The van der Waals surface area contributed by atoms with E-state index in [1.165, 1.54) is 0 Å². The molecule has 0 atom stereocenters. The molecule has 6 nitrogen and oxygen atoms in total. The fourth-order valence-electron chi connectivity index (χ4n) is 4.29. The molecule has 0 aliphatic heterocycles. The molecule has 0 amide bonds. The van der Waals surface area contributed by atoms with E-state index in [9.17, 15) is 0 Å². The average molecular weight is 422 g/mol. The average Bonchev–Trinajstić information content (AvgIpc) is 2.70. The largest absolute Gasteiger partial charge is 0.457 e. The summed E-state index contributed by atoms with van der Waals surface area (Å²) in [5, 5.41) is 1.96. The van der Waals surface area contributed by atoms with Gasteiger partial charge in [0.15, 0.2) is 0 Å². The monoisotopic (exact) mass is 421 g/mol. The van der Waals surface area contributed by atoms with Gasteiger partial charge >= 0.3 is 0 Å². The summed E-state index contributed by atoms with van der Waals surface area (Å²) in [6.07, 6.45) is -0.0695. The van der Waals surface area contributed by atoms with E-state index in [0.717, 1.165) is 33.3 Å². The molecular weight excluding hydrogens is 386 g/mol. The van der Waals surface area contributed by atoms with Crippen molar-refractivity contribution in [1.82, 2.24) is 19.6 Å². The molecule has 166 valence electrons. The fraction of sp³-hybridized carbons (Fsp3) is 0.400. The SMILES string of the molecule is CN(C)C(c1oc2ccccc2c(=Nc2ccccc2)c1C(N(C)C)N(C)C)N(C)C. The van der Waals surface area contributed by atoms with Crippen LogP contribution in [0.4, 0.5) is 5.69 Å². The first-order valence-electron chi connectivity index (χ1n) is 10.5. The van der Waals surface area contributed by atoms with Crippen LogP contribution in [0.2, 0.25) is 0 Å². The van der Waals surface area contributed by atoms with E-state index in [1.54, 1.807) is 0 Å². The number of fused-ring (bicyclic) bond motifs is 1. The van der Waals surface area contributed by atoms with Crippen molar-refractivity contribution in [3.05, 3.63) is 71.3 Å². The molecule has 6 heteroatoms. The predicted molar refractivity (Wildman–Crippen MR) is 128 cm³/mol. The molecule has 1 heterocycles. The maximum atomic E-state index is 6.64. The third kappa shape index (κ3) is 4.88. The first kappa shape index (κ1) is 23.2. The van der Waals surface area contributed by atoms with Gasteiger partial charge in [0.2, 0.25) is 0 Å². The van der Waals surface area contributed by atoms with Crippen molar-refractivity contribution in [3.63, 3.8) is 0 Å². The van der Waals surface area contributed by atoms with Crippen molar-refractivity contribution in [2.24, 2.45) is 4.99 Å². The third-order valence-corrected chi connectivity index (χ3v) is 5.33. The molecule has 0 unspecified atom stereocenters. The Labute approximate surface area is 186 Å². The zero-order chi connectivity index (χ0) is 22.7. The molecule has 0 bridgehead atoms. The van der Waals surface area contributed by atoms with Gasteiger partial charge in [0.05, 0.1) is 22.8 Å². The van der Waals surface area contributed by atoms with E-state index in [4.69, 9.17) is 9.41 Å². The highest BCUT2D eigenvalue weighted by Crippen LogP contribution is 2.32. The minimum atomic E-state index is -0.0493. The number of hydrogen-bond donors (Lipinski definition) is 0. The standard InChI is InChI=1S/C25H35N5O/c1-27(2)24(28(3)4)21-22(26-18-14-10-9-11-15-18)19-16-12-13-17-20(19)31-23(21)25(29(5)6)30(7)8/h9-17,24-25H,1-8H3. The summed E-state index contributed by atoms with van der Waals surface area (Å²) < 4.78 is 6.64. The Balaban J connectivity index is 2.53. The summed E-state index contributed by atoms with van der Waals surface area (Å²) in [6.45, 7) is 0. The highest BCUT2D eigenvalue weighted by atomic mass is 16.3. The third-order valence-electron chi connectivity index (χ3n) is 5.33. The van der Waals surface area contributed by atoms with Crippen molar-refractivity contribution in [1.29, 1.82) is 0 Å².